The number of para-hydroxylation sites is 1. The highest BCUT2D eigenvalue weighted by molar-refractivity contribution is 7.21. The third-order valence-corrected chi connectivity index (χ3v) is 7.53. The molecule has 11 nitrogen and oxygen atoms in total. The number of hydrazone groups is 1. The molecule has 42 heavy (non-hydrogen) atoms. The number of fused-ring (bicyclic) bond motifs is 1. The second-order valence-electron chi connectivity index (χ2n) is 9.24. The van der Waals surface area contributed by atoms with Gasteiger partial charge in [0.15, 0.2) is 10.6 Å². The van der Waals surface area contributed by atoms with Crippen LogP contribution in [0.1, 0.15) is 30.5 Å². The second-order valence-corrected chi connectivity index (χ2v) is 10.2. The summed E-state index contributed by atoms with van der Waals surface area (Å²) < 4.78 is 11.9. The van der Waals surface area contributed by atoms with Crippen LogP contribution in [-0.2, 0) is 14.3 Å². The van der Waals surface area contributed by atoms with E-state index in [1.807, 2.05) is 60.7 Å². The molecule has 1 amide bonds. The van der Waals surface area contributed by atoms with E-state index in [-0.39, 0.29) is 27.8 Å². The van der Waals surface area contributed by atoms with Crippen LogP contribution in [0, 0.1) is 10.1 Å². The van der Waals surface area contributed by atoms with Gasteiger partial charge in [0.05, 0.1) is 15.9 Å². The molecule has 0 N–H and O–H groups in total. The molecular weight excluding hydrogens is 558 g/mol. The number of aromatic nitrogens is 2. The van der Waals surface area contributed by atoms with Gasteiger partial charge in [0.2, 0.25) is 12.1 Å². The Morgan fingerprint density at radius 2 is 1.57 bits per heavy atom. The number of thiophene rings is 1. The summed E-state index contributed by atoms with van der Waals surface area (Å²) in [5.41, 5.74) is 2.79. The minimum Gasteiger partial charge on any atom is -0.445 e. The van der Waals surface area contributed by atoms with Crippen molar-refractivity contribution >= 4 is 45.0 Å². The van der Waals surface area contributed by atoms with Gasteiger partial charge < -0.3 is 9.47 Å². The number of rotatable bonds is 6. The number of hydrogen-bond acceptors (Lipinski definition) is 10. The molecule has 12 heteroatoms. The smallest absolute Gasteiger partial charge is 0.308 e. The normalized spacial score (nSPS) is 14.4. The molecule has 0 bridgehead atoms. The van der Waals surface area contributed by atoms with E-state index in [9.17, 15) is 19.7 Å². The van der Waals surface area contributed by atoms with Crippen LogP contribution in [0.4, 0.5) is 5.69 Å². The first kappa shape index (κ1) is 26.7. The SMILES string of the molecule is CC(=O)Oc1c(C2=NN(C(C)=O)C(c3ccccc3[N+](=O)[O-])O2)sc2nnc(-c3ccccc3)c(-c3ccccc3)c12. The predicted octanol–water partition coefficient (Wildman–Crippen LogP) is 6.10. The van der Waals surface area contributed by atoms with E-state index in [1.54, 1.807) is 6.07 Å². The zero-order valence-electron chi connectivity index (χ0n) is 22.3. The summed E-state index contributed by atoms with van der Waals surface area (Å²) in [6, 6.07) is 25.0. The van der Waals surface area contributed by atoms with Crippen LogP contribution >= 0.6 is 11.3 Å². The Kier molecular flexibility index (Phi) is 6.88. The van der Waals surface area contributed by atoms with E-state index in [4.69, 9.17) is 9.47 Å². The molecule has 208 valence electrons. The molecule has 6 rings (SSSR count). The van der Waals surface area contributed by atoms with Gasteiger partial charge >= 0.3 is 5.97 Å². The van der Waals surface area contributed by atoms with Crippen molar-refractivity contribution in [2.75, 3.05) is 0 Å². The van der Waals surface area contributed by atoms with Crippen molar-refractivity contribution in [3.8, 4) is 28.1 Å². The molecule has 0 radical (unpaired) electrons. The lowest BCUT2D eigenvalue weighted by molar-refractivity contribution is -0.386. The van der Waals surface area contributed by atoms with Crippen LogP contribution in [0.2, 0.25) is 0 Å². The van der Waals surface area contributed by atoms with Crippen LogP contribution in [-0.4, -0.2) is 37.9 Å². The summed E-state index contributed by atoms with van der Waals surface area (Å²) in [6.45, 7) is 2.55. The third-order valence-electron chi connectivity index (χ3n) is 6.49. The molecule has 0 fully saturated rings. The molecule has 1 aliphatic rings. The quantitative estimate of drug-likeness (QED) is 0.134. The number of hydrogen-bond donors (Lipinski definition) is 0. The Morgan fingerprint density at radius 3 is 2.21 bits per heavy atom. The zero-order chi connectivity index (χ0) is 29.4. The van der Waals surface area contributed by atoms with Gasteiger partial charge in [-0.15, -0.1) is 26.6 Å². The Balaban J connectivity index is 1.59. The summed E-state index contributed by atoms with van der Waals surface area (Å²) in [5.74, 6) is -1.00. The van der Waals surface area contributed by atoms with Crippen molar-refractivity contribution in [2.45, 2.75) is 20.1 Å². The topological polar surface area (TPSA) is 137 Å². The molecule has 1 aliphatic heterocycles. The van der Waals surface area contributed by atoms with Gasteiger partial charge in [0, 0.05) is 31.0 Å². The summed E-state index contributed by atoms with van der Waals surface area (Å²) in [4.78, 5) is 37.0. The Hall–Kier alpha value is -5.49. The lowest BCUT2D eigenvalue weighted by atomic mass is 9.97. The number of ether oxygens (including phenoxy) is 2. The first-order valence-electron chi connectivity index (χ1n) is 12.7. The van der Waals surface area contributed by atoms with Crippen molar-refractivity contribution < 1.29 is 24.0 Å². The van der Waals surface area contributed by atoms with Crippen molar-refractivity contribution in [3.63, 3.8) is 0 Å². The number of amides is 1. The lowest BCUT2D eigenvalue weighted by Crippen LogP contribution is -2.25. The van der Waals surface area contributed by atoms with Gasteiger partial charge in [-0.25, -0.2) is 0 Å². The number of nitro groups is 1. The Labute approximate surface area is 242 Å². The van der Waals surface area contributed by atoms with Gasteiger partial charge in [0.1, 0.15) is 10.6 Å². The average Bonchev–Trinajstić information content (AvgIpc) is 3.60. The molecule has 2 aromatic heterocycles. The van der Waals surface area contributed by atoms with Crippen LogP contribution < -0.4 is 4.74 Å². The molecule has 0 spiro atoms. The fraction of sp³-hybridized carbons (Fsp3) is 0.100. The molecular formula is C30H21N5O6S. The first-order valence-corrected chi connectivity index (χ1v) is 13.6. The van der Waals surface area contributed by atoms with E-state index >= 15 is 0 Å². The highest BCUT2D eigenvalue weighted by Gasteiger charge is 2.39. The van der Waals surface area contributed by atoms with E-state index in [0.29, 0.717) is 21.5 Å². The largest absolute Gasteiger partial charge is 0.445 e. The fourth-order valence-electron chi connectivity index (χ4n) is 4.75. The summed E-state index contributed by atoms with van der Waals surface area (Å²) in [5, 5.41) is 26.7. The monoisotopic (exact) mass is 579 g/mol. The minimum absolute atomic E-state index is 0.0483. The number of nitro benzene ring substituents is 1. The number of carbonyl (C=O) groups excluding carboxylic acids is 2. The van der Waals surface area contributed by atoms with E-state index in [1.165, 1.54) is 32.0 Å². The van der Waals surface area contributed by atoms with Crippen molar-refractivity contribution in [1.82, 2.24) is 15.2 Å². The zero-order valence-corrected chi connectivity index (χ0v) is 23.1. The van der Waals surface area contributed by atoms with Crippen LogP contribution in [0.25, 0.3) is 32.6 Å². The molecule has 0 saturated carbocycles. The van der Waals surface area contributed by atoms with Gasteiger partial charge in [-0.2, -0.15) is 5.01 Å². The number of benzene rings is 3. The molecule has 1 atom stereocenters. The van der Waals surface area contributed by atoms with Gasteiger partial charge in [-0.05, 0) is 11.6 Å². The van der Waals surface area contributed by atoms with Crippen LogP contribution in [0.3, 0.4) is 0 Å². The predicted molar refractivity (Wildman–Crippen MR) is 156 cm³/mol. The number of carbonyl (C=O) groups is 2. The molecule has 0 saturated heterocycles. The lowest BCUT2D eigenvalue weighted by Gasteiger charge is -2.19. The molecule has 3 aromatic carbocycles. The average molecular weight is 580 g/mol. The number of esters is 1. The maximum Gasteiger partial charge on any atom is 0.308 e. The van der Waals surface area contributed by atoms with Crippen molar-refractivity contribution in [2.24, 2.45) is 5.10 Å². The van der Waals surface area contributed by atoms with Crippen LogP contribution in [0.5, 0.6) is 5.75 Å². The maximum atomic E-state index is 12.6. The van der Waals surface area contributed by atoms with E-state index < -0.39 is 23.0 Å². The fourth-order valence-corrected chi connectivity index (χ4v) is 5.73. The highest BCUT2D eigenvalue weighted by atomic mass is 32.1. The number of nitrogens with zero attached hydrogens (tertiary/aromatic N) is 5. The molecule has 1 unspecified atom stereocenters. The third kappa shape index (κ3) is 4.73. The molecule has 5 aromatic rings. The van der Waals surface area contributed by atoms with Gasteiger partial charge in [-0.3, -0.25) is 19.7 Å². The second kappa shape index (κ2) is 10.8. The Bertz CT molecular complexity index is 1890. The first-order chi connectivity index (χ1) is 20.3. The standard InChI is InChI=1S/C30H21N5O6S/c1-17(36)34-30(21-15-9-10-16-22(21)35(38)39)41-28(33-34)27-26(40-18(2)37)24-23(19-11-5-3-6-12-19)25(31-32-29(24)42-27)20-13-7-4-8-14-20/h3-16,30H,1-2H3. The van der Waals surface area contributed by atoms with Crippen molar-refractivity contribution in [1.29, 1.82) is 0 Å². The highest BCUT2D eigenvalue weighted by Crippen LogP contribution is 2.47. The van der Waals surface area contributed by atoms with E-state index in [2.05, 4.69) is 15.3 Å². The Morgan fingerprint density at radius 1 is 0.929 bits per heavy atom. The summed E-state index contributed by atoms with van der Waals surface area (Å²) in [7, 11) is 0. The van der Waals surface area contributed by atoms with E-state index in [0.717, 1.165) is 27.5 Å². The maximum absolute atomic E-state index is 12.6. The van der Waals surface area contributed by atoms with Gasteiger partial charge in [0.25, 0.3) is 11.6 Å². The molecule has 3 heterocycles. The van der Waals surface area contributed by atoms with Crippen molar-refractivity contribution in [3.05, 3.63) is 105 Å². The van der Waals surface area contributed by atoms with Gasteiger partial charge in [-0.1, -0.05) is 72.8 Å². The summed E-state index contributed by atoms with van der Waals surface area (Å²) >= 11 is 1.12. The van der Waals surface area contributed by atoms with Crippen LogP contribution in [0.15, 0.2) is 90.0 Å². The summed E-state index contributed by atoms with van der Waals surface area (Å²) in [6.07, 6.45) is -1.21. The molecule has 0 aliphatic carbocycles. The minimum atomic E-state index is -1.21.